The van der Waals surface area contributed by atoms with E-state index < -0.39 is 152 Å². The topological polar surface area (TPSA) is 418 Å². The number of hydrogen-bond donors (Lipinski definition) is 10. The largest absolute Gasteiger partial charge is 0.479 e. The van der Waals surface area contributed by atoms with Crippen molar-refractivity contribution in [2.24, 2.45) is 0 Å². The van der Waals surface area contributed by atoms with Gasteiger partial charge in [-0.15, -0.1) is 0 Å². The number of benzene rings is 2. The van der Waals surface area contributed by atoms with Crippen molar-refractivity contribution in [2.45, 2.75) is 113 Å². The van der Waals surface area contributed by atoms with E-state index in [-0.39, 0.29) is 109 Å². The van der Waals surface area contributed by atoms with Crippen molar-refractivity contribution >= 4 is 55.3 Å². The Balaban J connectivity index is 1.16. The van der Waals surface area contributed by atoms with Crippen LogP contribution in [0.15, 0.2) is 79.0 Å². The molecule has 2 aromatic carbocycles. The number of aliphatic carboxylic acids is 1. The van der Waals surface area contributed by atoms with Gasteiger partial charge in [-0.1, -0.05) is 48.6 Å². The molecule has 0 saturated carbocycles. The standard InChI is InChI=1S/C57H71F5N3O26P/c1-57(78,20-16-35-11-8-12-42(70)87-35)38(91-92(79,80)81)31-34(66)10-6-4-3-5-7-23-85-56(77)65(2)22-9-13-41(69)86-32-33-14-15-37(88-55-51(74)49(72)50(73)53(90-55)54(75)76)36(30-33)64-40(68)17-21-63-39(67)18-24-82-26-28-84-29-27-83-25-19-43(71)89-52-47(61)45(59)44(58)46(60)48(52)62/h3-8,10,12,14-16,20,30,34-35,38,49-51,53,55,66,72-74,78H,9,11,13,17-19,21-29,31-32H2,1-2H3,(H,63,67)(H,64,68)(H,75,76)(H2,79,80,81)/b4-3-,7-5+,10-6-,20-16+/t34-,35-,38-,49+,50+,51-,53+,55-,57-/m1/s1. The van der Waals surface area contributed by atoms with Gasteiger partial charge in [0.05, 0.1) is 57.9 Å². The Bertz CT molecular complexity index is 3010. The number of nitrogens with zero attached hydrogens (tertiary/aromatic N) is 1. The number of carbonyl (C=O) groups excluding carboxylic acids is 6. The molecule has 4 rings (SSSR count). The van der Waals surface area contributed by atoms with Gasteiger partial charge in [-0.3, -0.25) is 23.7 Å². The molecule has 1 fully saturated rings. The van der Waals surface area contributed by atoms with Gasteiger partial charge < -0.3 is 98.6 Å². The van der Waals surface area contributed by atoms with Crippen molar-refractivity contribution in [1.82, 2.24) is 10.2 Å². The molecule has 0 bridgehead atoms. The van der Waals surface area contributed by atoms with E-state index >= 15 is 0 Å². The average Bonchev–Trinajstić information content (AvgIpc) is 1.82. The van der Waals surface area contributed by atoms with E-state index in [1.807, 2.05) is 0 Å². The molecule has 2 aliphatic heterocycles. The number of allylic oxidation sites excluding steroid dienone is 4. The molecule has 29 nitrogen and oxygen atoms in total. The third-order valence-electron chi connectivity index (χ3n) is 12.7. The average molecular weight is 1340 g/mol. The third-order valence-corrected chi connectivity index (χ3v) is 13.2. The number of anilines is 1. The van der Waals surface area contributed by atoms with Crippen LogP contribution in [0, 0.1) is 29.1 Å². The molecule has 10 N–H and O–H groups in total. The van der Waals surface area contributed by atoms with Crippen LogP contribution in [0.1, 0.15) is 57.4 Å². The maximum absolute atomic E-state index is 13.7. The van der Waals surface area contributed by atoms with Gasteiger partial charge >= 0.3 is 37.8 Å². The smallest absolute Gasteiger partial charge is 0.469 e. The first kappa shape index (κ1) is 76.9. The predicted molar refractivity (Wildman–Crippen MR) is 303 cm³/mol. The minimum atomic E-state index is -5.13. The molecular formula is C57H71F5N3O26P. The molecule has 3 amide bonds. The highest BCUT2D eigenvalue weighted by molar-refractivity contribution is 7.46. The highest BCUT2D eigenvalue weighted by atomic mass is 31.2. The molecule has 1 saturated heterocycles. The zero-order valence-electron chi connectivity index (χ0n) is 49.4. The van der Waals surface area contributed by atoms with Crippen LogP contribution in [0.4, 0.5) is 32.4 Å². The molecule has 35 heteroatoms. The fourth-order valence-corrected chi connectivity index (χ4v) is 8.48. The summed E-state index contributed by atoms with van der Waals surface area (Å²) in [6, 6.07) is 3.93. The number of phosphoric ester groups is 1. The number of carboxylic acid groups (broad SMARTS) is 1. The van der Waals surface area contributed by atoms with E-state index in [4.69, 9.17) is 42.4 Å². The summed E-state index contributed by atoms with van der Waals surface area (Å²) in [5.74, 6) is -19.1. The number of amides is 3. The summed E-state index contributed by atoms with van der Waals surface area (Å²) >= 11 is 0. The number of halogens is 5. The van der Waals surface area contributed by atoms with Crippen LogP contribution in [0.3, 0.4) is 0 Å². The number of aliphatic hydroxyl groups excluding tert-OH is 4. The lowest BCUT2D eigenvalue weighted by atomic mass is 9.93. The second-order valence-electron chi connectivity index (χ2n) is 20.1. The molecule has 92 heavy (non-hydrogen) atoms. The number of carboxylic acids is 1. The zero-order valence-corrected chi connectivity index (χ0v) is 50.3. The van der Waals surface area contributed by atoms with Crippen LogP contribution in [-0.2, 0) is 77.6 Å². The minimum Gasteiger partial charge on any atom is -0.479 e. The predicted octanol–water partition coefficient (Wildman–Crippen LogP) is 2.50. The van der Waals surface area contributed by atoms with Crippen LogP contribution in [0.25, 0.3) is 0 Å². The molecule has 510 valence electrons. The third kappa shape index (κ3) is 26.9. The molecule has 0 radical (unpaired) electrons. The molecule has 0 aromatic heterocycles. The maximum atomic E-state index is 13.7. The van der Waals surface area contributed by atoms with Crippen LogP contribution in [-0.4, -0.2) is 208 Å². The lowest BCUT2D eigenvalue weighted by molar-refractivity contribution is -0.271. The lowest BCUT2D eigenvalue weighted by Gasteiger charge is -2.38. The van der Waals surface area contributed by atoms with Crippen LogP contribution < -0.4 is 20.1 Å². The molecule has 2 aromatic rings. The van der Waals surface area contributed by atoms with E-state index in [0.717, 1.165) is 6.08 Å². The van der Waals surface area contributed by atoms with Crippen molar-refractivity contribution in [2.75, 3.05) is 71.7 Å². The summed E-state index contributed by atoms with van der Waals surface area (Å²) in [7, 11) is -3.70. The van der Waals surface area contributed by atoms with E-state index in [2.05, 4.69) is 15.4 Å². The molecule has 0 aliphatic carbocycles. The van der Waals surface area contributed by atoms with E-state index in [1.165, 1.54) is 85.7 Å². The summed E-state index contributed by atoms with van der Waals surface area (Å²) < 4.78 is 130. The summed E-state index contributed by atoms with van der Waals surface area (Å²) in [6.45, 7) is 0.0921. The van der Waals surface area contributed by atoms with Crippen LogP contribution >= 0.6 is 7.82 Å². The Kier molecular flexibility index (Phi) is 32.1. The second kappa shape index (κ2) is 38.4. The number of carbonyl (C=O) groups is 7. The number of nitrogens with one attached hydrogen (secondary N) is 2. The number of ether oxygens (including phenoxy) is 9. The Morgan fingerprint density at radius 2 is 1.46 bits per heavy atom. The van der Waals surface area contributed by atoms with Crippen LogP contribution in [0.2, 0.25) is 0 Å². The molecule has 0 unspecified atom stereocenters. The Labute approximate surface area is 521 Å². The molecule has 2 aliphatic rings. The Hall–Kier alpha value is -7.57. The normalized spacial score (nSPS) is 19.8. The molecular weight excluding hydrogens is 1270 g/mol. The van der Waals surface area contributed by atoms with E-state index in [9.17, 15) is 101 Å². The SMILES string of the molecule is CN(CCCC(=O)OCc1ccc(O[C@@H]2O[C@H](C(=O)O)[C@@H](O)[C@H](O)[C@H]2O)c(NC(=O)CCNC(=O)CCOCCOCCOCCC(=O)Oc2c(F)c(F)c(F)c(F)c2F)c1)C(=O)OC/C=C/C=C\C=C/[C@@H](O)C[C@@H](OP(=O)(O)O)[C@](C)(O)/C=C/[C@H]1CC=CC(=O)O1. The van der Waals surface area contributed by atoms with Crippen LogP contribution in [0.5, 0.6) is 11.5 Å². The monoisotopic (exact) mass is 1340 g/mol. The Morgan fingerprint density at radius 1 is 0.815 bits per heavy atom. The summed E-state index contributed by atoms with van der Waals surface area (Å²) in [6.07, 6.45) is -1.67. The van der Waals surface area contributed by atoms with Gasteiger partial charge in [0, 0.05) is 58.3 Å². The highest BCUT2D eigenvalue weighted by Crippen LogP contribution is 2.42. The van der Waals surface area contributed by atoms with Crippen molar-refractivity contribution in [3.05, 3.63) is 114 Å². The number of rotatable bonds is 38. The van der Waals surface area contributed by atoms with Crippen molar-refractivity contribution in [3.63, 3.8) is 0 Å². The summed E-state index contributed by atoms with van der Waals surface area (Å²) in [5.41, 5.74) is -1.87. The minimum absolute atomic E-state index is 0.0149. The van der Waals surface area contributed by atoms with E-state index in [1.54, 1.807) is 6.08 Å². The first-order valence-electron chi connectivity index (χ1n) is 28.0. The number of cyclic esters (lactones) is 1. The maximum Gasteiger partial charge on any atom is 0.469 e. The van der Waals surface area contributed by atoms with Gasteiger partial charge in [0.1, 0.15) is 55.1 Å². The fourth-order valence-electron chi connectivity index (χ4n) is 7.85. The summed E-state index contributed by atoms with van der Waals surface area (Å²) in [5, 5.41) is 67.1. The first-order chi connectivity index (χ1) is 43.5. The van der Waals surface area contributed by atoms with Gasteiger partial charge in [-0.25, -0.2) is 32.1 Å². The number of phosphoric acid groups is 1. The van der Waals surface area contributed by atoms with Gasteiger partial charge in [-0.2, -0.15) is 8.78 Å². The number of esters is 3. The van der Waals surface area contributed by atoms with Crippen molar-refractivity contribution in [3.8, 4) is 11.5 Å². The van der Waals surface area contributed by atoms with Gasteiger partial charge in [0.15, 0.2) is 6.10 Å². The molecule has 9 atom stereocenters. The number of hydrogen-bond acceptors (Lipinski definition) is 23. The lowest BCUT2D eigenvalue weighted by Crippen LogP contribution is -2.61. The summed E-state index contributed by atoms with van der Waals surface area (Å²) in [4.78, 5) is 106. The van der Waals surface area contributed by atoms with Gasteiger partial charge in [0.2, 0.25) is 52.9 Å². The quantitative estimate of drug-likeness (QED) is 0.00441. The van der Waals surface area contributed by atoms with Gasteiger partial charge in [0.25, 0.3) is 0 Å². The van der Waals surface area contributed by atoms with E-state index in [0.29, 0.717) is 6.42 Å². The molecule has 2 heterocycles. The van der Waals surface area contributed by atoms with Gasteiger partial charge in [-0.05, 0) is 43.2 Å². The highest BCUT2D eigenvalue weighted by Gasteiger charge is 2.48. The fraction of sp³-hybridized carbons (Fsp3) is 0.491. The Morgan fingerprint density at radius 3 is 2.11 bits per heavy atom. The zero-order chi connectivity index (χ0) is 68.1. The van der Waals surface area contributed by atoms with Crippen molar-refractivity contribution in [1.29, 1.82) is 0 Å². The van der Waals surface area contributed by atoms with Crippen molar-refractivity contribution < 1.29 is 148 Å². The first-order valence-corrected chi connectivity index (χ1v) is 29.5. The molecule has 0 spiro atoms. The number of aliphatic hydroxyl groups is 5. The second-order valence-corrected chi connectivity index (χ2v) is 21.3.